The van der Waals surface area contributed by atoms with Crippen molar-refractivity contribution < 1.29 is 9.59 Å². The predicted octanol–water partition coefficient (Wildman–Crippen LogP) is 3.19. The van der Waals surface area contributed by atoms with Crippen LogP contribution in [0.4, 0.5) is 0 Å². The Morgan fingerprint density at radius 2 is 1.72 bits per heavy atom. The highest BCUT2D eigenvalue weighted by Crippen LogP contribution is 2.49. The number of Topliss-reactive ketones (excluding diaryl/α,β-unsaturated/α-hetero) is 2. The second kappa shape index (κ2) is 5.05. The van der Waals surface area contributed by atoms with Gasteiger partial charge in [0.2, 0.25) is 0 Å². The van der Waals surface area contributed by atoms with E-state index in [2.05, 4.69) is 0 Å². The molecule has 1 aliphatic rings. The SMILES string of the molecule is CC(C)CC(=O)C1(C(=O)Cc2ccccc2)CC1. The third-order valence-electron chi connectivity index (χ3n) is 3.62. The Kier molecular flexibility index (Phi) is 3.65. The first-order valence-electron chi connectivity index (χ1n) is 6.65. The summed E-state index contributed by atoms with van der Waals surface area (Å²) in [5.41, 5.74) is 0.381. The molecule has 0 saturated heterocycles. The minimum absolute atomic E-state index is 0.111. The van der Waals surface area contributed by atoms with Crippen LogP contribution in [0.25, 0.3) is 0 Å². The first-order chi connectivity index (χ1) is 8.54. The van der Waals surface area contributed by atoms with Crippen molar-refractivity contribution in [2.75, 3.05) is 0 Å². The van der Waals surface area contributed by atoms with Gasteiger partial charge in [-0.1, -0.05) is 44.2 Å². The summed E-state index contributed by atoms with van der Waals surface area (Å²) in [6, 6.07) is 9.68. The molecule has 0 bridgehead atoms. The second-order valence-electron chi connectivity index (χ2n) is 5.69. The van der Waals surface area contributed by atoms with Crippen LogP contribution >= 0.6 is 0 Å². The number of rotatable bonds is 6. The summed E-state index contributed by atoms with van der Waals surface area (Å²) >= 11 is 0. The molecule has 2 heteroatoms. The quantitative estimate of drug-likeness (QED) is 0.720. The molecular weight excluding hydrogens is 224 g/mol. The second-order valence-corrected chi connectivity index (χ2v) is 5.69. The molecule has 2 rings (SSSR count). The van der Waals surface area contributed by atoms with Gasteiger partial charge in [0.25, 0.3) is 0 Å². The number of ketones is 2. The van der Waals surface area contributed by atoms with Crippen molar-refractivity contribution in [1.82, 2.24) is 0 Å². The fourth-order valence-corrected chi connectivity index (χ4v) is 2.35. The van der Waals surface area contributed by atoms with E-state index in [9.17, 15) is 9.59 Å². The molecule has 0 radical (unpaired) electrons. The summed E-state index contributed by atoms with van der Waals surface area (Å²) in [4.78, 5) is 24.4. The number of benzene rings is 1. The molecule has 0 unspecified atom stereocenters. The maximum atomic E-state index is 12.3. The van der Waals surface area contributed by atoms with Gasteiger partial charge in [0, 0.05) is 12.8 Å². The molecule has 2 nitrogen and oxygen atoms in total. The lowest BCUT2D eigenvalue weighted by atomic mass is 9.87. The van der Waals surface area contributed by atoms with Crippen LogP contribution in [0.5, 0.6) is 0 Å². The first-order valence-corrected chi connectivity index (χ1v) is 6.65. The van der Waals surface area contributed by atoms with Crippen LogP contribution in [0.3, 0.4) is 0 Å². The average molecular weight is 244 g/mol. The van der Waals surface area contributed by atoms with Crippen molar-refractivity contribution in [3.05, 3.63) is 35.9 Å². The van der Waals surface area contributed by atoms with Gasteiger partial charge in [0.15, 0.2) is 5.78 Å². The molecule has 1 aliphatic carbocycles. The van der Waals surface area contributed by atoms with Crippen LogP contribution in [-0.2, 0) is 16.0 Å². The van der Waals surface area contributed by atoms with Crippen LogP contribution in [0, 0.1) is 11.3 Å². The standard InChI is InChI=1S/C16H20O2/c1-12(2)10-14(17)16(8-9-16)15(18)11-13-6-4-3-5-7-13/h3-7,12H,8-11H2,1-2H3. The summed E-state index contributed by atoms with van der Waals surface area (Å²) in [5, 5.41) is 0. The molecule has 18 heavy (non-hydrogen) atoms. The van der Waals surface area contributed by atoms with Gasteiger partial charge in [-0.2, -0.15) is 0 Å². The zero-order valence-electron chi connectivity index (χ0n) is 11.1. The van der Waals surface area contributed by atoms with E-state index in [4.69, 9.17) is 0 Å². The molecule has 96 valence electrons. The van der Waals surface area contributed by atoms with Crippen LogP contribution in [0.2, 0.25) is 0 Å². The molecule has 0 aliphatic heterocycles. The Labute approximate surface area is 108 Å². The molecule has 0 atom stereocenters. The number of hydrogen-bond donors (Lipinski definition) is 0. The topological polar surface area (TPSA) is 34.1 Å². The maximum absolute atomic E-state index is 12.3. The summed E-state index contributed by atoms with van der Waals surface area (Å²) < 4.78 is 0. The molecule has 0 aromatic heterocycles. The zero-order chi connectivity index (χ0) is 13.2. The van der Waals surface area contributed by atoms with Gasteiger partial charge in [0.1, 0.15) is 5.78 Å². The molecular formula is C16H20O2. The Balaban J connectivity index is 2.03. The van der Waals surface area contributed by atoms with E-state index < -0.39 is 5.41 Å². The zero-order valence-corrected chi connectivity index (χ0v) is 11.1. The summed E-state index contributed by atoms with van der Waals surface area (Å²) in [6.45, 7) is 4.05. The molecule has 1 saturated carbocycles. The first kappa shape index (κ1) is 13.0. The fourth-order valence-electron chi connectivity index (χ4n) is 2.35. The molecule has 0 amide bonds. The van der Waals surface area contributed by atoms with Gasteiger partial charge in [0.05, 0.1) is 5.41 Å². The third kappa shape index (κ3) is 2.69. The Bertz CT molecular complexity index is 441. The van der Waals surface area contributed by atoms with Gasteiger partial charge < -0.3 is 0 Å². The minimum atomic E-state index is -0.625. The monoisotopic (exact) mass is 244 g/mol. The summed E-state index contributed by atoms with van der Waals surface area (Å²) in [6.07, 6.45) is 2.43. The van der Waals surface area contributed by atoms with Gasteiger partial charge in [-0.05, 0) is 24.3 Å². The minimum Gasteiger partial charge on any atom is -0.299 e. The average Bonchev–Trinajstić information content (AvgIpc) is 3.10. The highest BCUT2D eigenvalue weighted by Gasteiger charge is 2.54. The van der Waals surface area contributed by atoms with Crippen molar-refractivity contribution in [2.45, 2.75) is 39.5 Å². The largest absolute Gasteiger partial charge is 0.299 e. The summed E-state index contributed by atoms with van der Waals surface area (Å²) in [7, 11) is 0. The maximum Gasteiger partial charge on any atom is 0.150 e. The van der Waals surface area contributed by atoms with E-state index >= 15 is 0 Å². The van der Waals surface area contributed by atoms with E-state index in [0.29, 0.717) is 18.8 Å². The van der Waals surface area contributed by atoms with Crippen LogP contribution in [0.15, 0.2) is 30.3 Å². The Hall–Kier alpha value is -1.44. The molecule has 1 aromatic rings. The van der Waals surface area contributed by atoms with E-state index in [1.807, 2.05) is 44.2 Å². The van der Waals surface area contributed by atoms with E-state index in [1.54, 1.807) is 0 Å². The van der Waals surface area contributed by atoms with Gasteiger partial charge in [-0.25, -0.2) is 0 Å². The van der Waals surface area contributed by atoms with Crippen molar-refractivity contribution in [2.24, 2.45) is 11.3 Å². The normalized spacial score (nSPS) is 16.6. The molecule has 0 heterocycles. The van der Waals surface area contributed by atoms with Crippen molar-refractivity contribution >= 4 is 11.6 Å². The van der Waals surface area contributed by atoms with Crippen LogP contribution < -0.4 is 0 Å². The van der Waals surface area contributed by atoms with Gasteiger partial charge >= 0.3 is 0 Å². The van der Waals surface area contributed by atoms with Gasteiger partial charge in [-0.3, -0.25) is 9.59 Å². The highest BCUT2D eigenvalue weighted by atomic mass is 16.2. The number of carbonyl (C=O) groups excluding carboxylic acids is 2. The van der Waals surface area contributed by atoms with E-state index in [1.165, 1.54) is 0 Å². The highest BCUT2D eigenvalue weighted by molar-refractivity contribution is 6.10. The Morgan fingerprint density at radius 3 is 2.22 bits per heavy atom. The molecule has 0 spiro atoms. The summed E-state index contributed by atoms with van der Waals surface area (Å²) in [5.74, 6) is 0.595. The van der Waals surface area contributed by atoms with E-state index in [0.717, 1.165) is 18.4 Å². The van der Waals surface area contributed by atoms with Crippen molar-refractivity contribution in [3.8, 4) is 0 Å². The van der Waals surface area contributed by atoms with Crippen LogP contribution in [-0.4, -0.2) is 11.6 Å². The lowest BCUT2D eigenvalue weighted by Crippen LogP contribution is -2.28. The smallest absolute Gasteiger partial charge is 0.150 e. The van der Waals surface area contributed by atoms with Crippen molar-refractivity contribution in [1.29, 1.82) is 0 Å². The van der Waals surface area contributed by atoms with Crippen molar-refractivity contribution in [3.63, 3.8) is 0 Å². The number of carbonyl (C=O) groups is 2. The lowest BCUT2D eigenvalue weighted by Gasteiger charge is -2.14. The van der Waals surface area contributed by atoms with Gasteiger partial charge in [-0.15, -0.1) is 0 Å². The molecule has 1 fully saturated rings. The number of hydrogen-bond acceptors (Lipinski definition) is 2. The van der Waals surface area contributed by atoms with Crippen LogP contribution in [0.1, 0.15) is 38.7 Å². The fraction of sp³-hybridized carbons (Fsp3) is 0.500. The lowest BCUT2D eigenvalue weighted by molar-refractivity contribution is -0.134. The van der Waals surface area contributed by atoms with E-state index in [-0.39, 0.29) is 11.6 Å². The third-order valence-corrected chi connectivity index (χ3v) is 3.62. The predicted molar refractivity (Wildman–Crippen MR) is 71.3 cm³/mol. The Morgan fingerprint density at radius 1 is 1.11 bits per heavy atom. The molecule has 1 aromatic carbocycles. The molecule has 0 N–H and O–H groups in total.